The first-order valence-corrected chi connectivity index (χ1v) is 15.4. The van der Waals surface area contributed by atoms with E-state index >= 15 is 0 Å². The van der Waals surface area contributed by atoms with Crippen LogP contribution in [0, 0.1) is 0 Å². The van der Waals surface area contributed by atoms with E-state index in [4.69, 9.17) is 4.74 Å². The van der Waals surface area contributed by atoms with E-state index in [0.717, 1.165) is 10.1 Å². The van der Waals surface area contributed by atoms with Crippen molar-refractivity contribution in [3.8, 4) is 0 Å². The fourth-order valence-electron chi connectivity index (χ4n) is 3.56. The number of phosphoric ester groups is 2. The van der Waals surface area contributed by atoms with Gasteiger partial charge in [0.05, 0.1) is 13.2 Å². The van der Waals surface area contributed by atoms with Gasteiger partial charge in [-0.15, -0.1) is 11.8 Å². The molecule has 0 saturated carbocycles. The third-order valence-corrected chi connectivity index (χ3v) is 8.99. The van der Waals surface area contributed by atoms with Gasteiger partial charge in [0.1, 0.15) is 23.3 Å². The van der Waals surface area contributed by atoms with Crippen molar-refractivity contribution >= 4 is 27.4 Å². The summed E-state index contributed by atoms with van der Waals surface area (Å²) in [7, 11) is -10.8. The van der Waals surface area contributed by atoms with E-state index in [-0.39, 0.29) is 0 Å². The number of nitrogens with zero attached hydrogens (tertiary/aromatic N) is 2. The Hall–Kier alpha value is -2.19. The molecule has 210 valence electrons. The van der Waals surface area contributed by atoms with Gasteiger partial charge in [-0.1, -0.05) is 60.7 Å². The van der Waals surface area contributed by atoms with Crippen molar-refractivity contribution < 1.29 is 47.2 Å². The molecule has 0 bridgehead atoms. The van der Waals surface area contributed by atoms with Crippen molar-refractivity contribution in [2.45, 2.75) is 41.9 Å². The Bertz CT molecular complexity index is 1400. The average molecular weight is 598 g/mol. The van der Waals surface area contributed by atoms with Crippen molar-refractivity contribution in [1.29, 1.82) is 0 Å². The van der Waals surface area contributed by atoms with Crippen LogP contribution in [0.15, 0.2) is 82.7 Å². The minimum absolute atomic E-state index is 0.425. The van der Waals surface area contributed by atoms with Gasteiger partial charge in [0, 0.05) is 11.9 Å². The van der Waals surface area contributed by atoms with Gasteiger partial charge in [-0.2, -0.15) is 4.98 Å². The SMILES string of the molecule is O=c1nc(SCc2ccccc2)ccn1[C@@H]1O[C@H](COP(=O)([O-])OP(=O)([O-])OCc2ccccc2)C(O)[C@@H]1O. The molecule has 2 heterocycles. The second kappa shape index (κ2) is 13.0. The van der Waals surface area contributed by atoms with Crippen LogP contribution in [0.5, 0.6) is 0 Å². The Kier molecular flexibility index (Phi) is 9.92. The molecule has 39 heavy (non-hydrogen) atoms. The Morgan fingerprint density at radius 2 is 1.54 bits per heavy atom. The van der Waals surface area contributed by atoms with Crippen molar-refractivity contribution in [3.05, 3.63) is 94.5 Å². The highest BCUT2D eigenvalue weighted by Gasteiger charge is 2.44. The van der Waals surface area contributed by atoms with Crippen LogP contribution < -0.4 is 15.5 Å². The molecule has 2 N–H and O–H groups in total. The van der Waals surface area contributed by atoms with Gasteiger partial charge in [-0.05, 0) is 17.2 Å². The Morgan fingerprint density at radius 3 is 2.18 bits per heavy atom. The largest absolute Gasteiger partial charge is 0.756 e. The number of hydrogen-bond donors (Lipinski definition) is 2. The van der Waals surface area contributed by atoms with Gasteiger partial charge in [-0.3, -0.25) is 13.7 Å². The van der Waals surface area contributed by atoms with Gasteiger partial charge in [-0.25, -0.2) is 9.11 Å². The predicted molar refractivity (Wildman–Crippen MR) is 134 cm³/mol. The van der Waals surface area contributed by atoms with Crippen LogP contribution in [-0.4, -0.2) is 44.7 Å². The van der Waals surface area contributed by atoms with Crippen molar-refractivity contribution in [2.75, 3.05) is 6.61 Å². The monoisotopic (exact) mass is 598 g/mol. The second-order valence-electron chi connectivity index (χ2n) is 8.31. The summed E-state index contributed by atoms with van der Waals surface area (Å²) in [6.45, 7) is -1.38. The molecule has 2 aromatic carbocycles. The molecule has 1 aromatic heterocycles. The number of aliphatic hydroxyl groups is 2. The minimum atomic E-state index is -5.48. The lowest BCUT2D eigenvalue weighted by Crippen LogP contribution is -2.36. The van der Waals surface area contributed by atoms with E-state index in [1.807, 2.05) is 30.3 Å². The second-order valence-corrected chi connectivity index (χ2v) is 12.3. The first-order valence-electron chi connectivity index (χ1n) is 11.5. The number of phosphoric acid groups is 2. The van der Waals surface area contributed by atoms with Crippen LogP contribution in [0.4, 0.5) is 0 Å². The Morgan fingerprint density at radius 1 is 0.923 bits per heavy atom. The summed E-state index contributed by atoms with van der Waals surface area (Å²) in [5, 5.41) is 21.1. The van der Waals surface area contributed by atoms with E-state index < -0.39 is 59.1 Å². The number of rotatable bonds is 12. The highest BCUT2D eigenvalue weighted by molar-refractivity contribution is 7.98. The lowest BCUT2D eigenvalue weighted by Gasteiger charge is -2.31. The molecule has 4 rings (SSSR count). The van der Waals surface area contributed by atoms with Crippen molar-refractivity contribution in [3.63, 3.8) is 0 Å². The smallest absolute Gasteiger partial charge is 0.350 e. The molecule has 6 atom stereocenters. The van der Waals surface area contributed by atoms with Gasteiger partial charge in [0.15, 0.2) is 6.23 Å². The molecule has 3 aromatic rings. The van der Waals surface area contributed by atoms with Gasteiger partial charge in [0.2, 0.25) is 0 Å². The summed E-state index contributed by atoms with van der Waals surface area (Å²) in [6.07, 6.45) is -4.86. The van der Waals surface area contributed by atoms with E-state index in [1.165, 1.54) is 24.0 Å². The molecule has 0 spiro atoms. The fraction of sp³-hybridized carbons (Fsp3) is 0.304. The maximum absolute atomic E-state index is 12.6. The molecule has 1 saturated heterocycles. The van der Waals surface area contributed by atoms with Crippen LogP contribution in [0.2, 0.25) is 0 Å². The summed E-state index contributed by atoms with van der Waals surface area (Å²) in [6, 6.07) is 19.2. The number of thioether (sulfide) groups is 1. The summed E-state index contributed by atoms with van der Waals surface area (Å²) >= 11 is 1.32. The molecule has 16 heteroatoms. The Balaban J connectivity index is 1.32. The zero-order valence-corrected chi connectivity index (χ0v) is 22.7. The normalized spacial score (nSPS) is 24.2. The van der Waals surface area contributed by atoms with E-state index in [2.05, 4.69) is 18.3 Å². The van der Waals surface area contributed by atoms with E-state index in [0.29, 0.717) is 16.3 Å². The molecule has 0 radical (unpaired) electrons. The average Bonchev–Trinajstić information content (AvgIpc) is 3.19. The van der Waals surface area contributed by atoms with Gasteiger partial charge >= 0.3 is 5.69 Å². The van der Waals surface area contributed by atoms with Gasteiger partial charge < -0.3 is 33.8 Å². The van der Waals surface area contributed by atoms with Crippen molar-refractivity contribution in [2.24, 2.45) is 0 Å². The summed E-state index contributed by atoms with van der Waals surface area (Å²) in [4.78, 5) is 40.5. The first-order chi connectivity index (χ1) is 18.5. The number of hydrogen-bond acceptors (Lipinski definition) is 13. The zero-order valence-electron chi connectivity index (χ0n) is 20.1. The lowest BCUT2D eigenvalue weighted by molar-refractivity contribution is -0.246. The predicted octanol–water partition coefficient (Wildman–Crippen LogP) is 1.34. The fourth-order valence-corrected chi connectivity index (χ4v) is 6.36. The third kappa shape index (κ3) is 8.40. The summed E-state index contributed by atoms with van der Waals surface area (Å²) in [5.74, 6) is 0.572. The molecule has 0 aliphatic carbocycles. The molecular formula is C23H24N2O11P2S-2. The molecule has 1 fully saturated rings. The maximum atomic E-state index is 12.6. The van der Waals surface area contributed by atoms with Crippen LogP contribution in [0.3, 0.4) is 0 Å². The molecular weight excluding hydrogens is 574 g/mol. The molecule has 13 nitrogen and oxygen atoms in total. The number of aromatic nitrogens is 2. The maximum Gasteiger partial charge on any atom is 0.350 e. The van der Waals surface area contributed by atoms with E-state index in [9.17, 15) is 33.9 Å². The van der Waals surface area contributed by atoms with Crippen molar-refractivity contribution in [1.82, 2.24) is 9.55 Å². The van der Waals surface area contributed by atoms with Crippen LogP contribution in [0.25, 0.3) is 0 Å². The molecule has 3 unspecified atom stereocenters. The number of benzene rings is 2. The number of ether oxygens (including phenoxy) is 1. The topological polar surface area (TPSA) is 193 Å². The van der Waals surface area contributed by atoms with Crippen LogP contribution >= 0.6 is 27.4 Å². The zero-order chi connectivity index (χ0) is 28.0. The summed E-state index contributed by atoms with van der Waals surface area (Å²) < 4.78 is 43.6. The van der Waals surface area contributed by atoms with Crippen LogP contribution in [0.1, 0.15) is 17.4 Å². The highest BCUT2D eigenvalue weighted by Crippen LogP contribution is 2.56. The standard InChI is InChI=1S/C23H26N2O11P2S/c26-20-18(14-34-38(31,32)36-37(29,30)33-13-16-7-3-1-4-8-16)35-22(21(20)27)25-12-11-19(24-23(25)28)39-15-17-9-5-2-6-10-17/h1-12,18,20-22,26-27H,13-15H2,(H,29,30)(H,31,32)/p-2/t18-,20?,21+,22-/m1/s1. The first kappa shape index (κ1) is 29.8. The van der Waals surface area contributed by atoms with E-state index in [1.54, 1.807) is 30.3 Å². The quantitative estimate of drug-likeness (QED) is 0.173. The molecule has 1 aliphatic heterocycles. The molecule has 1 aliphatic rings. The lowest BCUT2D eigenvalue weighted by atomic mass is 10.1. The minimum Gasteiger partial charge on any atom is -0.756 e. The molecule has 0 amide bonds. The van der Waals surface area contributed by atoms with Gasteiger partial charge in [0.25, 0.3) is 15.6 Å². The Labute approximate surface area is 227 Å². The van der Waals surface area contributed by atoms with Crippen LogP contribution in [-0.2, 0) is 39.6 Å². The highest BCUT2D eigenvalue weighted by atomic mass is 32.2. The number of aliphatic hydroxyl groups excluding tert-OH is 2. The third-order valence-electron chi connectivity index (χ3n) is 5.47. The summed E-state index contributed by atoms with van der Waals surface area (Å²) in [5.41, 5.74) is 0.713.